The van der Waals surface area contributed by atoms with Gasteiger partial charge in [-0.2, -0.15) is 13.5 Å². The predicted octanol–water partition coefficient (Wildman–Crippen LogP) is -1.02. The summed E-state index contributed by atoms with van der Waals surface area (Å²) in [5, 5.41) is 0. The van der Waals surface area contributed by atoms with Gasteiger partial charge < -0.3 is 11.2 Å². The quantitative estimate of drug-likeness (QED) is 0.382. The van der Waals surface area contributed by atoms with Crippen LogP contribution in [0.15, 0.2) is 0 Å². The van der Waals surface area contributed by atoms with Gasteiger partial charge in [-0.25, -0.2) is 0 Å². The van der Waals surface area contributed by atoms with Crippen LogP contribution >= 0.6 is 13.5 Å². The molecule has 0 saturated heterocycles. The van der Waals surface area contributed by atoms with E-state index in [0.29, 0.717) is 0 Å². The summed E-state index contributed by atoms with van der Waals surface area (Å²) in [4.78, 5) is 0. The Morgan fingerprint density at radius 1 is 1.00 bits per heavy atom. The van der Waals surface area contributed by atoms with Crippen molar-refractivity contribution >= 4 is 89.0 Å². The van der Waals surface area contributed by atoms with E-state index in [4.69, 9.17) is 0 Å². The Bertz CT molecular complexity index is 14.0. The van der Waals surface area contributed by atoms with Gasteiger partial charge >= 0.3 is 75.5 Å². The van der Waals surface area contributed by atoms with E-state index in [-0.39, 0.29) is 100 Å². The molecule has 24 valence electrons. The molecule has 0 aromatic carbocycles. The summed E-state index contributed by atoms with van der Waals surface area (Å²) in [5.41, 5.74) is 0. The molecule has 0 bridgehead atoms. The van der Waals surface area contributed by atoms with E-state index in [1.54, 1.807) is 0 Å². The number of hydrogen-bond donors (Lipinski definition) is 0. The monoisotopic (exact) mass is 136 g/mol. The van der Waals surface area contributed by atoms with Gasteiger partial charge in [-0.05, 0) is 0 Å². The SMILES string of the molecule is O.S.[Ca+2].[Ca+2].[H-].[H-].[H-].[H-]. The van der Waals surface area contributed by atoms with Crippen LogP contribution in [0.3, 0.4) is 0 Å². The molecule has 0 aliphatic rings. The van der Waals surface area contributed by atoms with E-state index in [0.717, 1.165) is 0 Å². The van der Waals surface area contributed by atoms with Gasteiger partial charge in [-0.3, -0.25) is 0 Å². The van der Waals surface area contributed by atoms with Crippen LogP contribution in [-0.2, 0) is 0 Å². The molecule has 0 atom stereocenters. The molecule has 0 aliphatic heterocycles. The smallest absolute Gasteiger partial charge is 1.00 e. The van der Waals surface area contributed by atoms with E-state index in [9.17, 15) is 0 Å². The van der Waals surface area contributed by atoms with Crippen LogP contribution in [0, 0.1) is 0 Å². The largest absolute Gasteiger partial charge is 2.00 e. The average Bonchev–Trinajstić information content (AvgIpc) is 0. The minimum Gasteiger partial charge on any atom is -1.00 e. The molecule has 0 spiro atoms. The second kappa shape index (κ2) is 17.0. The Hall–Kier alpha value is 2.83. The van der Waals surface area contributed by atoms with Gasteiger partial charge in [0.1, 0.15) is 0 Å². The first kappa shape index (κ1) is 29.0. The fourth-order valence-electron chi connectivity index (χ4n) is 0. The fourth-order valence-corrected chi connectivity index (χ4v) is 0. The molecule has 0 heterocycles. The van der Waals surface area contributed by atoms with Crippen molar-refractivity contribution in [1.82, 2.24) is 0 Å². The third-order valence-electron chi connectivity index (χ3n) is 0. The zero-order valence-electron chi connectivity index (χ0n) is 6.41. The molecule has 0 aliphatic carbocycles. The molecule has 1 nitrogen and oxygen atoms in total. The average molecular weight is 136 g/mol. The van der Waals surface area contributed by atoms with Crippen LogP contribution in [0.5, 0.6) is 0 Å². The third-order valence-corrected chi connectivity index (χ3v) is 0. The van der Waals surface area contributed by atoms with Crippen molar-refractivity contribution in [2.24, 2.45) is 0 Å². The molecule has 0 fully saturated rings. The molecule has 0 unspecified atom stereocenters. The van der Waals surface area contributed by atoms with E-state index in [1.165, 1.54) is 0 Å². The van der Waals surface area contributed by atoms with E-state index < -0.39 is 0 Å². The molecule has 0 saturated carbocycles. The molecular weight excluding hydrogens is 128 g/mol. The second-order valence-corrected chi connectivity index (χ2v) is 0. The number of hydrogen-bond acceptors (Lipinski definition) is 0. The van der Waals surface area contributed by atoms with Crippen LogP contribution in [0.4, 0.5) is 0 Å². The van der Waals surface area contributed by atoms with Crippen molar-refractivity contribution < 1.29 is 11.2 Å². The Balaban J connectivity index is 0. The molecule has 0 aromatic rings. The van der Waals surface area contributed by atoms with E-state index in [1.807, 2.05) is 0 Å². The van der Waals surface area contributed by atoms with Crippen molar-refractivity contribution in [3.63, 3.8) is 0 Å². The zero-order valence-corrected chi connectivity index (χ0v) is 7.83. The fraction of sp³-hybridized carbons (Fsp3) is 0. The van der Waals surface area contributed by atoms with Gasteiger partial charge in [0.05, 0.1) is 0 Å². The normalized spacial score (nSPS) is 0. The van der Waals surface area contributed by atoms with Gasteiger partial charge in [-0.15, -0.1) is 0 Å². The summed E-state index contributed by atoms with van der Waals surface area (Å²) in [6, 6.07) is 0. The van der Waals surface area contributed by atoms with Crippen LogP contribution in [-0.4, -0.2) is 81.0 Å². The first-order valence-electron chi connectivity index (χ1n) is 0. The van der Waals surface area contributed by atoms with Gasteiger partial charge in [0.2, 0.25) is 0 Å². The topological polar surface area (TPSA) is 31.5 Å². The Kier molecular flexibility index (Phi) is 123. The summed E-state index contributed by atoms with van der Waals surface area (Å²) in [6.45, 7) is 0. The molecule has 0 rings (SSSR count). The first-order valence-corrected chi connectivity index (χ1v) is 0. The number of rotatable bonds is 0. The Labute approximate surface area is 98.2 Å². The predicted molar refractivity (Wildman–Crippen MR) is 30.0 cm³/mol. The zero-order chi connectivity index (χ0) is 0. The van der Waals surface area contributed by atoms with Crippen LogP contribution in [0.1, 0.15) is 5.71 Å². The molecule has 0 radical (unpaired) electrons. The Morgan fingerprint density at radius 2 is 1.00 bits per heavy atom. The van der Waals surface area contributed by atoms with Crippen LogP contribution < -0.4 is 0 Å². The molecule has 4 heavy (non-hydrogen) atoms. The maximum absolute atomic E-state index is 0. The standard InChI is InChI=1S/2Ca.H2O.H2S.4H/h;;2*1H2;;;;/q2*+2;;;4*-1. The van der Waals surface area contributed by atoms with Crippen molar-refractivity contribution in [2.45, 2.75) is 0 Å². The van der Waals surface area contributed by atoms with Gasteiger partial charge in [0.25, 0.3) is 0 Å². The van der Waals surface area contributed by atoms with Crippen LogP contribution in [0.2, 0.25) is 0 Å². The molecule has 4 heteroatoms. The molecular formula is H8Ca2OS. The van der Waals surface area contributed by atoms with Gasteiger partial charge in [0.15, 0.2) is 0 Å². The summed E-state index contributed by atoms with van der Waals surface area (Å²) in [6.07, 6.45) is 0. The van der Waals surface area contributed by atoms with Crippen molar-refractivity contribution in [2.75, 3.05) is 0 Å². The molecule has 0 aromatic heterocycles. The Morgan fingerprint density at radius 3 is 1.00 bits per heavy atom. The molecule has 2 N–H and O–H groups in total. The summed E-state index contributed by atoms with van der Waals surface area (Å²) in [7, 11) is 0. The minimum absolute atomic E-state index is 0. The van der Waals surface area contributed by atoms with E-state index >= 15 is 0 Å². The first-order chi connectivity index (χ1) is 0. The van der Waals surface area contributed by atoms with E-state index in [2.05, 4.69) is 0 Å². The minimum atomic E-state index is 0. The maximum Gasteiger partial charge on any atom is 2.00 e. The van der Waals surface area contributed by atoms with Crippen molar-refractivity contribution in [3.05, 3.63) is 0 Å². The maximum atomic E-state index is 0. The third kappa shape index (κ3) is 8.85. The second-order valence-electron chi connectivity index (χ2n) is 0. The molecule has 0 amide bonds. The summed E-state index contributed by atoms with van der Waals surface area (Å²) < 4.78 is 0. The van der Waals surface area contributed by atoms with Crippen molar-refractivity contribution in [3.8, 4) is 0 Å². The van der Waals surface area contributed by atoms with Gasteiger partial charge in [-0.1, -0.05) is 0 Å². The van der Waals surface area contributed by atoms with Crippen molar-refractivity contribution in [1.29, 1.82) is 0 Å². The van der Waals surface area contributed by atoms with Crippen LogP contribution in [0.25, 0.3) is 0 Å². The summed E-state index contributed by atoms with van der Waals surface area (Å²) in [5.74, 6) is 0. The van der Waals surface area contributed by atoms with Gasteiger partial charge in [0, 0.05) is 0 Å². The summed E-state index contributed by atoms with van der Waals surface area (Å²) >= 11 is 0.